The molecule has 0 radical (unpaired) electrons. The molecule has 0 bridgehead atoms. The van der Waals surface area contributed by atoms with Crippen molar-refractivity contribution in [1.29, 1.82) is 0 Å². The van der Waals surface area contributed by atoms with E-state index in [4.69, 9.17) is 0 Å². The molecule has 0 fully saturated rings. The highest BCUT2D eigenvalue weighted by atomic mass is 14.7. The van der Waals surface area contributed by atoms with Gasteiger partial charge in [0.25, 0.3) is 0 Å². The van der Waals surface area contributed by atoms with E-state index in [1.54, 1.807) is 0 Å². The first-order chi connectivity index (χ1) is 5.16. The van der Waals surface area contributed by atoms with Crippen LogP contribution in [-0.4, -0.2) is 12.8 Å². The minimum atomic E-state index is 0.655. The SMILES string of the molecule is CCC(C)C=NCCC(C)C. The maximum absolute atomic E-state index is 4.36. The molecular weight excluding hydrogens is 134 g/mol. The number of hydrogen-bond donors (Lipinski definition) is 0. The quantitative estimate of drug-likeness (QED) is 0.541. The average Bonchev–Trinajstić information content (AvgIpc) is 1.97. The molecule has 66 valence electrons. The third-order valence-corrected chi connectivity index (χ3v) is 1.84. The molecule has 0 aliphatic carbocycles. The molecule has 0 heterocycles. The van der Waals surface area contributed by atoms with E-state index in [0.717, 1.165) is 12.5 Å². The van der Waals surface area contributed by atoms with E-state index < -0.39 is 0 Å². The zero-order chi connectivity index (χ0) is 8.69. The monoisotopic (exact) mass is 155 g/mol. The van der Waals surface area contributed by atoms with Crippen molar-refractivity contribution in [3.8, 4) is 0 Å². The maximum Gasteiger partial charge on any atom is 0.0387 e. The zero-order valence-electron chi connectivity index (χ0n) is 8.30. The first-order valence-corrected chi connectivity index (χ1v) is 4.66. The van der Waals surface area contributed by atoms with E-state index >= 15 is 0 Å². The van der Waals surface area contributed by atoms with E-state index in [9.17, 15) is 0 Å². The Morgan fingerprint density at radius 1 is 1.27 bits per heavy atom. The summed E-state index contributed by atoms with van der Waals surface area (Å²) in [5.74, 6) is 1.44. The number of rotatable bonds is 5. The lowest BCUT2D eigenvalue weighted by molar-refractivity contribution is 0.595. The normalized spacial score (nSPS) is 14.6. The van der Waals surface area contributed by atoms with Crippen LogP contribution in [0, 0.1) is 11.8 Å². The molecule has 0 saturated carbocycles. The summed E-state index contributed by atoms with van der Waals surface area (Å²) >= 11 is 0. The molecule has 0 rings (SSSR count). The summed E-state index contributed by atoms with van der Waals surface area (Å²) in [5.41, 5.74) is 0. The van der Waals surface area contributed by atoms with Crippen molar-refractivity contribution in [2.75, 3.05) is 6.54 Å². The van der Waals surface area contributed by atoms with Crippen molar-refractivity contribution < 1.29 is 0 Å². The Hall–Kier alpha value is -0.330. The Balaban J connectivity index is 3.29. The van der Waals surface area contributed by atoms with Crippen molar-refractivity contribution in [2.24, 2.45) is 16.8 Å². The third-order valence-electron chi connectivity index (χ3n) is 1.84. The van der Waals surface area contributed by atoms with E-state index in [0.29, 0.717) is 5.92 Å². The van der Waals surface area contributed by atoms with Gasteiger partial charge in [0.05, 0.1) is 0 Å². The minimum Gasteiger partial charge on any atom is -0.297 e. The Morgan fingerprint density at radius 2 is 1.91 bits per heavy atom. The molecule has 0 aromatic heterocycles. The molecule has 0 amide bonds. The van der Waals surface area contributed by atoms with Gasteiger partial charge in [-0.2, -0.15) is 0 Å². The fourth-order valence-corrected chi connectivity index (χ4v) is 0.693. The van der Waals surface area contributed by atoms with Gasteiger partial charge < -0.3 is 0 Å². The summed E-state index contributed by atoms with van der Waals surface area (Å²) in [5, 5.41) is 0. The molecule has 1 unspecified atom stereocenters. The van der Waals surface area contributed by atoms with Crippen LogP contribution in [0.2, 0.25) is 0 Å². The van der Waals surface area contributed by atoms with Crippen LogP contribution in [0.4, 0.5) is 0 Å². The number of aliphatic imine (C=N–C) groups is 1. The van der Waals surface area contributed by atoms with Crippen LogP contribution in [0.3, 0.4) is 0 Å². The predicted octanol–water partition coefficient (Wildman–Crippen LogP) is 3.15. The van der Waals surface area contributed by atoms with Crippen molar-refractivity contribution in [3.63, 3.8) is 0 Å². The molecule has 11 heavy (non-hydrogen) atoms. The van der Waals surface area contributed by atoms with E-state index in [-0.39, 0.29) is 0 Å². The van der Waals surface area contributed by atoms with E-state index in [1.165, 1.54) is 12.8 Å². The molecule has 0 saturated heterocycles. The van der Waals surface area contributed by atoms with Gasteiger partial charge in [0.1, 0.15) is 0 Å². The van der Waals surface area contributed by atoms with Crippen molar-refractivity contribution in [2.45, 2.75) is 40.5 Å². The van der Waals surface area contributed by atoms with Crippen molar-refractivity contribution in [3.05, 3.63) is 0 Å². The topological polar surface area (TPSA) is 12.4 Å². The molecule has 0 aromatic carbocycles. The highest BCUT2D eigenvalue weighted by molar-refractivity contribution is 5.59. The molecule has 1 atom stereocenters. The van der Waals surface area contributed by atoms with Crippen molar-refractivity contribution >= 4 is 6.21 Å². The molecule has 0 spiro atoms. The van der Waals surface area contributed by atoms with Gasteiger partial charge in [0, 0.05) is 12.8 Å². The lowest BCUT2D eigenvalue weighted by Crippen LogP contribution is -1.96. The fraction of sp³-hybridized carbons (Fsp3) is 0.900. The summed E-state index contributed by atoms with van der Waals surface area (Å²) in [4.78, 5) is 4.36. The van der Waals surface area contributed by atoms with Crippen LogP contribution in [0.5, 0.6) is 0 Å². The van der Waals surface area contributed by atoms with Crippen LogP contribution in [-0.2, 0) is 0 Å². The largest absolute Gasteiger partial charge is 0.297 e. The second kappa shape index (κ2) is 6.38. The molecule has 1 heteroatoms. The molecule has 0 N–H and O–H groups in total. The number of nitrogens with zero attached hydrogens (tertiary/aromatic N) is 1. The van der Waals surface area contributed by atoms with Crippen LogP contribution in [0.1, 0.15) is 40.5 Å². The first-order valence-electron chi connectivity index (χ1n) is 4.66. The summed E-state index contributed by atoms with van der Waals surface area (Å²) < 4.78 is 0. The van der Waals surface area contributed by atoms with Gasteiger partial charge in [-0.05, 0) is 24.7 Å². The van der Waals surface area contributed by atoms with Gasteiger partial charge in [0.15, 0.2) is 0 Å². The summed E-state index contributed by atoms with van der Waals surface area (Å²) in [7, 11) is 0. The highest BCUT2D eigenvalue weighted by Gasteiger charge is 1.92. The van der Waals surface area contributed by atoms with Gasteiger partial charge in [-0.3, -0.25) is 4.99 Å². The molecular formula is C10H21N. The smallest absolute Gasteiger partial charge is 0.0387 e. The predicted molar refractivity (Wildman–Crippen MR) is 52.3 cm³/mol. The Morgan fingerprint density at radius 3 is 2.36 bits per heavy atom. The van der Waals surface area contributed by atoms with Crippen molar-refractivity contribution in [1.82, 2.24) is 0 Å². The lowest BCUT2D eigenvalue weighted by atomic mass is 10.1. The summed E-state index contributed by atoms with van der Waals surface area (Å²) in [6, 6.07) is 0. The lowest BCUT2D eigenvalue weighted by Gasteiger charge is -2.01. The minimum absolute atomic E-state index is 0.655. The van der Waals surface area contributed by atoms with Gasteiger partial charge in [-0.15, -0.1) is 0 Å². The highest BCUT2D eigenvalue weighted by Crippen LogP contribution is 2.00. The molecule has 1 nitrogen and oxygen atoms in total. The average molecular weight is 155 g/mol. The molecule has 0 aromatic rings. The van der Waals surface area contributed by atoms with Crippen LogP contribution in [0.25, 0.3) is 0 Å². The third kappa shape index (κ3) is 7.57. The molecule has 0 aliphatic heterocycles. The fourth-order valence-electron chi connectivity index (χ4n) is 0.693. The van der Waals surface area contributed by atoms with Crippen LogP contribution >= 0.6 is 0 Å². The van der Waals surface area contributed by atoms with Crippen LogP contribution < -0.4 is 0 Å². The zero-order valence-corrected chi connectivity index (χ0v) is 8.30. The molecule has 0 aliphatic rings. The summed E-state index contributed by atoms with van der Waals surface area (Å²) in [6.07, 6.45) is 4.50. The van der Waals surface area contributed by atoms with Gasteiger partial charge >= 0.3 is 0 Å². The standard InChI is InChI=1S/C10H21N/c1-5-10(4)8-11-7-6-9(2)3/h8-10H,5-7H2,1-4H3. The summed E-state index contributed by atoms with van der Waals surface area (Å²) in [6.45, 7) is 9.87. The van der Waals surface area contributed by atoms with E-state index in [2.05, 4.69) is 38.9 Å². The second-order valence-corrected chi connectivity index (χ2v) is 3.62. The Labute approximate surface area is 70.9 Å². The Bertz CT molecular complexity index is 105. The van der Waals surface area contributed by atoms with Gasteiger partial charge in [0.2, 0.25) is 0 Å². The second-order valence-electron chi connectivity index (χ2n) is 3.62. The van der Waals surface area contributed by atoms with E-state index in [1.807, 2.05) is 0 Å². The van der Waals surface area contributed by atoms with Gasteiger partial charge in [-0.1, -0.05) is 27.7 Å². The van der Waals surface area contributed by atoms with Crippen LogP contribution in [0.15, 0.2) is 4.99 Å². The first kappa shape index (κ1) is 10.7. The number of hydrogen-bond acceptors (Lipinski definition) is 1. The Kier molecular flexibility index (Phi) is 6.19. The maximum atomic E-state index is 4.36. The van der Waals surface area contributed by atoms with Gasteiger partial charge in [-0.25, -0.2) is 0 Å².